The molecule has 0 rings (SSSR count). The van der Waals surface area contributed by atoms with E-state index >= 15 is 0 Å². The standard InChI is InChI=1S/C12H19NO5/c1-5-13(6-2)12(16)9(3)18-11(15)8-7-10(14)17-4/h7-9H,5-6H2,1-4H3/t9-/m1/s1. The van der Waals surface area contributed by atoms with Gasteiger partial charge in [0.25, 0.3) is 5.91 Å². The lowest BCUT2D eigenvalue weighted by Crippen LogP contribution is -2.39. The van der Waals surface area contributed by atoms with Crippen LogP contribution in [-0.2, 0) is 23.9 Å². The van der Waals surface area contributed by atoms with Crippen LogP contribution in [0.5, 0.6) is 0 Å². The van der Waals surface area contributed by atoms with Crippen molar-refractivity contribution in [2.75, 3.05) is 20.2 Å². The number of likely N-dealkylation sites (N-methyl/N-ethyl adjacent to an activating group) is 1. The van der Waals surface area contributed by atoms with Crippen LogP contribution in [-0.4, -0.2) is 49.0 Å². The minimum absolute atomic E-state index is 0.264. The van der Waals surface area contributed by atoms with E-state index in [4.69, 9.17) is 4.74 Å². The van der Waals surface area contributed by atoms with Crippen molar-refractivity contribution in [3.05, 3.63) is 12.2 Å². The minimum Gasteiger partial charge on any atom is -0.466 e. The van der Waals surface area contributed by atoms with Crippen LogP contribution in [0.15, 0.2) is 12.2 Å². The van der Waals surface area contributed by atoms with E-state index in [1.54, 1.807) is 4.90 Å². The van der Waals surface area contributed by atoms with Gasteiger partial charge in [0.1, 0.15) is 0 Å². The van der Waals surface area contributed by atoms with Gasteiger partial charge in [-0.2, -0.15) is 0 Å². The van der Waals surface area contributed by atoms with Gasteiger partial charge in [-0.15, -0.1) is 0 Å². The average molecular weight is 257 g/mol. The second kappa shape index (κ2) is 8.27. The Hall–Kier alpha value is -1.85. The molecule has 1 amide bonds. The van der Waals surface area contributed by atoms with Crippen molar-refractivity contribution >= 4 is 17.8 Å². The first-order valence-corrected chi connectivity index (χ1v) is 5.71. The van der Waals surface area contributed by atoms with Crippen LogP contribution in [0.2, 0.25) is 0 Å². The Morgan fingerprint density at radius 1 is 1.11 bits per heavy atom. The van der Waals surface area contributed by atoms with Gasteiger partial charge in [-0.3, -0.25) is 4.79 Å². The Morgan fingerprint density at radius 2 is 1.61 bits per heavy atom. The molecule has 0 saturated carbocycles. The lowest BCUT2D eigenvalue weighted by molar-refractivity contribution is -0.155. The third kappa shape index (κ3) is 5.47. The maximum absolute atomic E-state index is 11.8. The number of methoxy groups -OCH3 is 1. The molecule has 0 N–H and O–H groups in total. The summed E-state index contributed by atoms with van der Waals surface area (Å²) in [6.07, 6.45) is 0.995. The molecule has 0 aromatic rings. The third-order valence-corrected chi connectivity index (χ3v) is 2.27. The molecule has 0 aliphatic heterocycles. The van der Waals surface area contributed by atoms with Gasteiger partial charge >= 0.3 is 11.9 Å². The van der Waals surface area contributed by atoms with Crippen LogP contribution in [0.25, 0.3) is 0 Å². The summed E-state index contributed by atoms with van der Waals surface area (Å²) in [5, 5.41) is 0. The number of amides is 1. The molecule has 0 aromatic carbocycles. The second-order valence-electron chi connectivity index (χ2n) is 3.45. The SMILES string of the molecule is CCN(CC)C(=O)[C@@H](C)OC(=O)C=CC(=O)OC. The molecule has 0 aliphatic rings. The normalized spacial score (nSPS) is 12.0. The molecular weight excluding hydrogens is 238 g/mol. The predicted molar refractivity (Wildman–Crippen MR) is 64.6 cm³/mol. The molecule has 0 bridgehead atoms. The summed E-state index contributed by atoms with van der Waals surface area (Å²) < 4.78 is 9.18. The largest absolute Gasteiger partial charge is 0.466 e. The molecule has 0 fully saturated rings. The summed E-state index contributed by atoms with van der Waals surface area (Å²) in [7, 11) is 1.20. The summed E-state index contributed by atoms with van der Waals surface area (Å²) in [5.74, 6) is -1.68. The van der Waals surface area contributed by atoms with E-state index in [1.807, 2.05) is 13.8 Å². The van der Waals surface area contributed by atoms with Gasteiger partial charge in [-0.1, -0.05) is 0 Å². The van der Waals surface area contributed by atoms with Crippen LogP contribution in [0.1, 0.15) is 20.8 Å². The van der Waals surface area contributed by atoms with Crippen LogP contribution in [0, 0.1) is 0 Å². The Kier molecular flexibility index (Phi) is 7.42. The summed E-state index contributed by atoms with van der Waals surface area (Å²) in [4.78, 5) is 35.4. The molecular formula is C12H19NO5. The fraction of sp³-hybridized carbons (Fsp3) is 0.583. The first kappa shape index (κ1) is 16.1. The fourth-order valence-electron chi connectivity index (χ4n) is 1.26. The number of rotatable bonds is 6. The molecule has 0 radical (unpaired) electrons. The van der Waals surface area contributed by atoms with E-state index in [9.17, 15) is 14.4 Å². The van der Waals surface area contributed by atoms with Crippen molar-refractivity contribution in [3.8, 4) is 0 Å². The number of carbonyl (C=O) groups is 3. The molecule has 1 atom stereocenters. The molecule has 0 aromatic heterocycles. The number of ether oxygens (including phenoxy) is 2. The molecule has 102 valence electrons. The third-order valence-electron chi connectivity index (χ3n) is 2.27. The van der Waals surface area contributed by atoms with Gasteiger partial charge < -0.3 is 14.4 Å². The lowest BCUT2D eigenvalue weighted by Gasteiger charge is -2.22. The van der Waals surface area contributed by atoms with Gasteiger partial charge in [0.05, 0.1) is 7.11 Å². The quantitative estimate of drug-likeness (QED) is 0.512. The predicted octanol–water partition coefficient (Wildman–Crippen LogP) is 0.516. The van der Waals surface area contributed by atoms with Crippen molar-refractivity contribution in [1.29, 1.82) is 0 Å². The van der Waals surface area contributed by atoms with E-state index < -0.39 is 18.0 Å². The Balaban J connectivity index is 4.35. The maximum atomic E-state index is 11.8. The first-order chi connectivity index (χ1) is 8.46. The fourth-order valence-corrected chi connectivity index (χ4v) is 1.26. The molecule has 0 unspecified atom stereocenters. The number of hydrogen-bond donors (Lipinski definition) is 0. The van der Waals surface area contributed by atoms with Gasteiger partial charge in [0, 0.05) is 25.2 Å². The Labute approximate surface area is 107 Å². The van der Waals surface area contributed by atoms with Crippen molar-refractivity contribution in [1.82, 2.24) is 4.90 Å². The molecule has 0 spiro atoms. The van der Waals surface area contributed by atoms with E-state index in [0.29, 0.717) is 13.1 Å². The van der Waals surface area contributed by atoms with Gasteiger partial charge in [0.2, 0.25) is 0 Å². The van der Waals surface area contributed by atoms with Crippen LogP contribution in [0.4, 0.5) is 0 Å². The van der Waals surface area contributed by atoms with Crippen LogP contribution in [0.3, 0.4) is 0 Å². The zero-order valence-corrected chi connectivity index (χ0v) is 11.1. The van der Waals surface area contributed by atoms with Crippen LogP contribution >= 0.6 is 0 Å². The Bertz CT molecular complexity index is 333. The van der Waals surface area contributed by atoms with Crippen molar-refractivity contribution in [3.63, 3.8) is 0 Å². The first-order valence-electron chi connectivity index (χ1n) is 5.71. The minimum atomic E-state index is -0.875. The van der Waals surface area contributed by atoms with Crippen LogP contribution < -0.4 is 0 Å². The smallest absolute Gasteiger partial charge is 0.331 e. The zero-order valence-electron chi connectivity index (χ0n) is 11.1. The summed E-state index contributed by atoms with van der Waals surface area (Å²) >= 11 is 0. The van der Waals surface area contributed by atoms with E-state index in [-0.39, 0.29) is 5.91 Å². The summed E-state index contributed by atoms with van der Waals surface area (Å²) in [6, 6.07) is 0. The highest BCUT2D eigenvalue weighted by molar-refractivity contribution is 5.93. The number of esters is 2. The maximum Gasteiger partial charge on any atom is 0.331 e. The molecule has 0 saturated heterocycles. The molecule has 6 nitrogen and oxygen atoms in total. The molecule has 0 heterocycles. The molecule has 6 heteroatoms. The zero-order chi connectivity index (χ0) is 14.1. The monoisotopic (exact) mass is 257 g/mol. The van der Waals surface area contributed by atoms with Crippen molar-refractivity contribution in [2.45, 2.75) is 26.9 Å². The average Bonchev–Trinajstić information content (AvgIpc) is 2.36. The lowest BCUT2D eigenvalue weighted by atomic mass is 10.3. The summed E-state index contributed by atoms with van der Waals surface area (Å²) in [5.41, 5.74) is 0. The van der Waals surface area contributed by atoms with E-state index in [1.165, 1.54) is 14.0 Å². The van der Waals surface area contributed by atoms with Crippen molar-refractivity contribution in [2.24, 2.45) is 0 Å². The van der Waals surface area contributed by atoms with Gasteiger partial charge in [-0.05, 0) is 20.8 Å². The topological polar surface area (TPSA) is 72.9 Å². The van der Waals surface area contributed by atoms with E-state index in [0.717, 1.165) is 12.2 Å². The highest BCUT2D eigenvalue weighted by Crippen LogP contribution is 2.00. The highest BCUT2D eigenvalue weighted by atomic mass is 16.5. The van der Waals surface area contributed by atoms with Gasteiger partial charge in [0.15, 0.2) is 6.10 Å². The Morgan fingerprint density at radius 3 is 2.06 bits per heavy atom. The van der Waals surface area contributed by atoms with E-state index in [2.05, 4.69) is 4.74 Å². The molecule has 18 heavy (non-hydrogen) atoms. The summed E-state index contributed by atoms with van der Waals surface area (Å²) in [6.45, 7) is 6.27. The van der Waals surface area contributed by atoms with Crippen molar-refractivity contribution < 1.29 is 23.9 Å². The number of nitrogens with zero attached hydrogens (tertiary/aromatic N) is 1. The highest BCUT2D eigenvalue weighted by Gasteiger charge is 2.20. The second-order valence-corrected chi connectivity index (χ2v) is 3.45. The number of carbonyl (C=O) groups excluding carboxylic acids is 3. The number of hydrogen-bond acceptors (Lipinski definition) is 5. The molecule has 0 aliphatic carbocycles. The van der Waals surface area contributed by atoms with Gasteiger partial charge in [-0.25, -0.2) is 9.59 Å².